The lowest BCUT2D eigenvalue weighted by Crippen LogP contribution is -2.32. The van der Waals surface area contributed by atoms with Gasteiger partial charge in [-0.2, -0.15) is 0 Å². The molecule has 2 aromatic carbocycles. The highest BCUT2D eigenvalue weighted by atomic mass is 35.5. The smallest absolute Gasteiger partial charge is 0.238 e. The van der Waals surface area contributed by atoms with E-state index < -0.39 is 5.41 Å². The van der Waals surface area contributed by atoms with Crippen molar-refractivity contribution in [1.29, 1.82) is 0 Å². The molecule has 2 amide bonds. The lowest BCUT2D eigenvalue weighted by atomic mass is 9.95. The number of anilines is 2. The number of rotatable bonds is 5. The Hall–Kier alpha value is -1.98. The number of benzene rings is 2. The molecule has 0 bridgehead atoms. The van der Waals surface area contributed by atoms with Gasteiger partial charge >= 0.3 is 0 Å². The molecule has 29 heavy (non-hydrogen) atoms. The quantitative estimate of drug-likeness (QED) is 0.669. The number of nitrogens with zero attached hydrogens (tertiary/aromatic N) is 1. The van der Waals surface area contributed by atoms with Crippen LogP contribution in [0.4, 0.5) is 11.4 Å². The highest BCUT2D eigenvalue weighted by molar-refractivity contribution is 8.00. The molecule has 1 atom stereocenters. The SMILES string of the molecule is CC(C)(CCl)C(=O)Nc1ccc([C@@H]2SCC(=O)N2c2ccc3c(c2)CCC3)cc1. The van der Waals surface area contributed by atoms with Gasteiger partial charge in [-0.15, -0.1) is 23.4 Å². The number of hydrogen-bond donors (Lipinski definition) is 1. The largest absolute Gasteiger partial charge is 0.326 e. The molecule has 0 unspecified atom stereocenters. The number of halogens is 1. The van der Waals surface area contributed by atoms with E-state index in [9.17, 15) is 9.59 Å². The first kappa shape index (κ1) is 20.3. The molecule has 0 aromatic heterocycles. The fraction of sp³-hybridized carbons (Fsp3) is 0.391. The summed E-state index contributed by atoms with van der Waals surface area (Å²) in [4.78, 5) is 26.9. The van der Waals surface area contributed by atoms with Crippen LogP contribution in [0.25, 0.3) is 0 Å². The lowest BCUT2D eigenvalue weighted by molar-refractivity contribution is -0.123. The van der Waals surface area contributed by atoms with E-state index in [2.05, 4.69) is 23.5 Å². The summed E-state index contributed by atoms with van der Waals surface area (Å²) in [6.07, 6.45) is 3.42. The van der Waals surface area contributed by atoms with Gasteiger partial charge in [-0.1, -0.05) is 18.2 Å². The van der Waals surface area contributed by atoms with E-state index in [0.29, 0.717) is 5.75 Å². The van der Waals surface area contributed by atoms with E-state index in [1.54, 1.807) is 11.8 Å². The first-order chi connectivity index (χ1) is 13.9. The molecule has 2 aliphatic rings. The maximum Gasteiger partial charge on any atom is 0.238 e. The Morgan fingerprint density at radius 2 is 1.90 bits per heavy atom. The van der Waals surface area contributed by atoms with Crippen molar-refractivity contribution in [2.45, 2.75) is 38.5 Å². The Labute approximate surface area is 181 Å². The minimum Gasteiger partial charge on any atom is -0.326 e. The summed E-state index contributed by atoms with van der Waals surface area (Å²) < 4.78 is 0. The van der Waals surface area contributed by atoms with Crippen LogP contribution in [-0.4, -0.2) is 23.4 Å². The van der Waals surface area contributed by atoms with Crippen LogP contribution >= 0.6 is 23.4 Å². The van der Waals surface area contributed by atoms with Gasteiger partial charge < -0.3 is 5.32 Å². The Bertz CT molecular complexity index is 942. The molecule has 1 aliphatic carbocycles. The van der Waals surface area contributed by atoms with Crippen molar-refractivity contribution in [2.75, 3.05) is 21.8 Å². The monoisotopic (exact) mass is 428 g/mol. The summed E-state index contributed by atoms with van der Waals surface area (Å²) in [5.41, 5.74) is 4.91. The molecule has 0 saturated carbocycles. The van der Waals surface area contributed by atoms with E-state index in [1.807, 2.05) is 43.0 Å². The van der Waals surface area contributed by atoms with Gasteiger partial charge in [0.05, 0.1) is 11.2 Å². The van der Waals surface area contributed by atoms with Crippen LogP contribution in [0.2, 0.25) is 0 Å². The van der Waals surface area contributed by atoms with Gasteiger partial charge in [0.2, 0.25) is 11.8 Å². The van der Waals surface area contributed by atoms with Gasteiger partial charge in [0.1, 0.15) is 5.37 Å². The van der Waals surface area contributed by atoms with Crippen LogP contribution in [0.1, 0.15) is 42.3 Å². The van der Waals surface area contributed by atoms with Crippen molar-refractivity contribution < 1.29 is 9.59 Å². The van der Waals surface area contributed by atoms with Crippen LogP contribution in [0.5, 0.6) is 0 Å². The number of aryl methyl sites for hydroxylation is 2. The first-order valence-electron chi connectivity index (χ1n) is 9.92. The van der Waals surface area contributed by atoms with Gasteiger partial charge in [-0.05, 0) is 74.1 Å². The number of amides is 2. The Kier molecular flexibility index (Phi) is 5.63. The number of carbonyl (C=O) groups is 2. The maximum atomic E-state index is 12.7. The third-order valence-electron chi connectivity index (χ3n) is 5.63. The Morgan fingerprint density at radius 3 is 2.62 bits per heavy atom. The molecule has 152 valence electrons. The number of fused-ring (bicyclic) bond motifs is 1. The van der Waals surface area contributed by atoms with Crippen molar-refractivity contribution in [2.24, 2.45) is 5.41 Å². The Balaban J connectivity index is 1.54. The normalized spacial score (nSPS) is 18.8. The fourth-order valence-corrected chi connectivity index (χ4v) is 5.05. The number of alkyl halides is 1. The minimum absolute atomic E-state index is 0.0500. The molecule has 1 heterocycles. The van der Waals surface area contributed by atoms with E-state index in [-0.39, 0.29) is 23.1 Å². The summed E-state index contributed by atoms with van der Waals surface area (Å²) in [6, 6.07) is 14.2. The summed E-state index contributed by atoms with van der Waals surface area (Å²) in [7, 11) is 0. The maximum absolute atomic E-state index is 12.7. The first-order valence-corrected chi connectivity index (χ1v) is 11.5. The molecule has 0 radical (unpaired) electrons. The second-order valence-electron chi connectivity index (χ2n) is 8.33. The molecule has 2 aromatic rings. The zero-order valence-corrected chi connectivity index (χ0v) is 18.3. The molecular formula is C23H25ClN2O2S. The Morgan fingerprint density at radius 1 is 1.17 bits per heavy atom. The van der Waals surface area contributed by atoms with Crippen LogP contribution in [0.15, 0.2) is 42.5 Å². The second-order valence-corrected chi connectivity index (χ2v) is 9.66. The van der Waals surface area contributed by atoms with Gasteiger partial charge in [-0.25, -0.2) is 0 Å². The van der Waals surface area contributed by atoms with Gasteiger partial charge in [0.15, 0.2) is 0 Å². The van der Waals surface area contributed by atoms with Crippen LogP contribution in [0.3, 0.4) is 0 Å². The second kappa shape index (κ2) is 8.04. The van der Waals surface area contributed by atoms with Crippen molar-refractivity contribution >= 4 is 46.6 Å². The lowest BCUT2D eigenvalue weighted by Gasteiger charge is -2.25. The zero-order chi connectivity index (χ0) is 20.6. The van der Waals surface area contributed by atoms with Crippen molar-refractivity contribution in [3.63, 3.8) is 0 Å². The molecule has 6 heteroatoms. The highest BCUT2D eigenvalue weighted by Gasteiger charge is 2.34. The molecule has 1 fully saturated rings. The fourth-order valence-electron chi connectivity index (χ4n) is 3.75. The molecule has 4 nitrogen and oxygen atoms in total. The van der Waals surface area contributed by atoms with Crippen molar-refractivity contribution in [3.8, 4) is 0 Å². The third-order valence-corrected chi connectivity index (χ3v) is 7.51. The van der Waals surface area contributed by atoms with Crippen LogP contribution in [-0.2, 0) is 22.4 Å². The highest BCUT2D eigenvalue weighted by Crippen LogP contribution is 2.43. The average Bonchev–Trinajstić information content (AvgIpc) is 3.34. The zero-order valence-electron chi connectivity index (χ0n) is 16.7. The van der Waals surface area contributed by atoms with E-state index in [1.165, 1.54) is 17.5 Å². The third kappa shape index (κ3) is 4.03. The van der Waals surface area contributed by atoms with E-state index in [0.717, 1.165) is 29.8 Å². The van der Waals surface area contributed by atoms with Crippen LogP contribution in [0, 0.1) is 5.41 Å². The summed E-state index contributed by atoms with van der Waals surface area (Å²) in [5, 5.41) is 2.87. The van der Waals surface area contributed by atoms with Gasteiger partial charge in [0, 0.05) is 17.3 Å². The molecule has 1 saturated heterocycles. The molecule has 1 N–H and O–H groups in total. The van der Waals surface area contributed by atoms with E-state index >= 15 is 0 Å². The van der Waals surface area contributed by atoms with Crippen molar-refractivity contribution in [3.05, 3.63) is 59.2 Å². The number of carbonyl (C=O) groups excluding carboxylic acids is 2. The molecule has 4 rings (SSSR count). The molecule has 1 aliphatic heterocycles. The number of hydrogen-bond acceptors (Lipinski definition) is 3. The van der Waals surface area contributed by atoms with E-state index in [4.69, 9.17) is 11.6 Å². The topological polar surface area (TPSA) is 49.4 Å². The average molecular weight is 429 g/mol. The number of nitrogens with one attached hydrogen (secondary N) is 1. The van der Waals surface area contributed by atoms with Crippen molar-refractivity contribution in [1.82, 2.24) is 0 Å². The van der Waals surface area contributed by atoms with Crippen LogP contribution < -0.4 is 10.2 Å². The number of thioether (sulfide) groups is 1. The minimum atomic E-state index is -0.627. The molecule has 0 spiro atoms. The summed E-state index contributed by atoms with van der Waals surface area (Å²) >= 11 is 7.53. The summed E-state index contributed by atoms with van der Waals surface area (Å²) in [6.45, 7) is 3.64. The van der Waals surface area contributed by atoms with Gasteiger partial charge in [-0.3, -0.25) is 14.5 Å². The van der Waals surface area contributed by atoms with Gasteiger partial charge in [0.25, 0.3) is 0 Å². The predicted octanol–water partition coefficient (Wildman–Crippen LogP) is 5.16. The predicted molar refractivity (Wildman–Crippen MR) is 121 cm³/mol. The standard InChI is InChI=1S/C23H25ClN2O2S/c1-23(2,14-24)22(28)25-18-9-6-16(7-10-18)21-26(20(27)13-29-21)19-11-8-15-4-3-5-17(15)12-19/h6-12,21H,3-5,13-14H2,1-2H3,(H,25,28)/t21-/m0/s1. The molecular weight excluding hydrogens is 404 g/mol. The summed E-state index contributed by atoms with van der Waals surface area (Å²) in [5.74, 6) is 0.766.